The maximum atomic E-state index is 3.72. The summed E-state index contributed by atoms with van der Waals surface area (Å²) in [6.07, 6.45) is 6.84. The van der Waals surface area contributed by atoms with Crippen LogP contribution in [0.15, 0.2) is 0 Å². The van der Waals surface area contributed by atoms with Crippen LogP contribution in [0.4, 0.5) is 0 Å². The van der Waals surface area contributed by atoms with Crippen LogP contribution in [0.5, 0.6) is 0 Å². The lowest BCUT2D eigenvalue weighted by Gasteiger charge is -2.23. The second-order valence-corrected chi connectivity index (χ2v) is 6.45. The van der Waals surface area contributed by atoms with Gasteiger partial charge in [0.15, 0.2) is 0 Å². The lowest BCUT2D eigenvalue weighted by atomic mass is 10.1. The minimum Gasteiger partial charge on any atom is -0.314 e. The van der Waals surface area contributed by atoms with E-state index in [1.54, 1.807) is 0 Å². The third kappa shape index (κ3) is 4.87. The molecule has 2 rings (SSSR count). The first-order valence-electron chi connectivity index (χ1n) is 7.93. The number of nitrogens with one attached hydrogen (secondary N) is 2. The van der Waals surface area contributed by atoms with Crippen molar-refractivity contribution in [3.63, 3.8) is 0 Å². The Labute approximate surface area is 113 Å². The minimum absolute atomic E-state index is 0.654. The Bertz CT molecular complexity index is 196. The van der Waals surface area contributed by atoms with Crippen LogP contribution in [0, 0.1) is 5.92 Å². The molecule has 0 aromatic heterocycles. The normalized spacial score (nSPS) is 28.7. The zero-order chi connectivity index (χ0) is 12.8. The molecule has 0 aromatic rings. The highest BCUT2D eigenvalue weighted by atomic mass is 15.1. The summed E-state index contributed by atoms with van der Waals surface area (Å²) >= 11 is 0. The van der Waals surface area contributed by atoms with Gasteiger partial charge in [-0.15, -0.1) is 0 Å². The molecule has 2 saturated heterocycles. The maximum Gasteiger partial charge on any atom is 0.00822 e. The topological polar surface area (TPSA) is 27.3 Å². The molecular weight excluding hydrogens is 222 g/mol. The summed E-state index contributed by atoms with van der Waals surface area (Å²) in [6, 6.07) is 1.42. The van der Waals surface area contributed by atoms with Gasteiger partial charge in [0.25, 0.3) is 0 Å². The Hall–Kier alpha value is -0.120. The van der Waals surface area contributed by atoms with Crippen molar-refractivity contribution in [1.29, 1.82) is 0 Å². The van der Waals surface area contributed by atoms with Crippen molar-refractivity contribution in [2.45, 2.75) is 58.0 Å². The molecule has 0 bridgehead atoms. The van der Waals surface area contributed by atoms with E-state index in [9.17, 15) is 0 Å². The van der Waals surface area contributed by atoms with Gasteiger partial charge in [-0.05, 0) is 71.1 Å². The van der Waals surface area contributed by atoms with Gasteiger partial charge in [0.1, 0.15) is 0 Å². The largest absolute Gasteiger partial charge is 0.314 e. The zero-order valence-electron chi connectivity index (χ0n) is 12.3. The Balaban J connectivity index is 1.54. The molecule has 2 fully saturated rings. The molecule has 0 saturated carbocycles. The summed E-state index contributed by atoms with van der Waals surface area (Å²) < 4.78 is 0. The standard InChI is InChI=1S/C15H31N3/c1-13(12-18-8-3-4-9-18)11-17-14(2)10-15-6-5-7-16-15/h13-17H,3-12H2,1-2H3. The van der Waals surface area contributed by atoms with Crippen LogP contribution >= 0.6 is 0 Å². The second kappa shape index (κ2) is 7.46. The van der Waals surface area contributed by atoms with Gasteiger partial charge in [-0.25, -0.2) is 0 Å². The van der Waals surface area contributed by atoms with E-state index in [0.29, 0.717) is 6.04 Å². The summed E-state index contributed by atoms with van der Waals surface area (Å²) in [4.78, 5) is 2.62. The fourth-order valence-electron chi connectivity index (χ4n) is 3.34. The molecule has 0 radical (unpaired) electrons. The fourth-order valence-corrected chi connectivity index (χ4v) is 3.34. The molecule has 2 N–H and O–H groups in total. The average molecular weight is 253 g/mol. The molecule has 106 valence electrons. The Morgan fingerprint density at radius 2 is 2.00 bits per heavy atom. The number of rotatable bonds is 7. The van der Waals surface area contributed by atoms with Gasteiger partial charge in [0.05, 0.1) is 0 Å². The summed E-state index contributed by atoms with van der Waals surface area (Å²) in [5.74, 6) is 0.780. The molecule has 2 aliphatic rings. The van der Waals surface area contributed by atoms with Gasteiger partial charge in [-0.3, -0.25) is 0 Å². The third-order valence-electron chi connectivity index (χ3n) is 4.38. The van der Waals surface area contributed by atoms with Gasteiger partial charge in [-0.2, -0.15) is 0 Å². The summed E-state index contributed by atoms with van der Waals surface area (Å²) in [7, 11) is 0. The minimum atomic E-state index is 0.654. The van der Waals surface area contributed by atoms with E-state index in [1.165, 1.54) is 64.8 Å². The first-order chi connectivity index (χ1) is 8.74. The third-order valence-corrected chi connectivity index (χ3v) is 4.38. The molecule has 0 amide bonds. The van der Waals surface area contributed by atoms with E-state index < -0.39 is 0 Å². The van der Waals surface area contributed by atoms with Gasteiger partial charge in [-0.1, -0.05) is 6.92 Å². The Morgan fingerprint density at radius 3 is 2.67 bits per heavy atom. The Morgan fingerprint density at radius 1 is 1.22 bits per heavy atom. The maximum absolute atomic E-state index is 3.72. The SMILES string of the molecule is CC(CNC(C)CC1CCCN1)CN1CCCC1. The van der Waals surface area contributed by atoms with Crippen LogP contribution in [0.25, 0.3) is 0 Å². The smallest absolute Gasteiger partial charge is 0.00822 e. The number of hydrogen-bond acceptors (Lipinski definition) is 3. The van der Waals surface area contributed by atoms with Gasteiger partial charge < -0.3 is 15.5 Å². The first kappa shape index (κ1) is 14.3. The molecule has 3 heteroatoms. The van der Waals surface area contributed by atoms with E-state index in [2.05, 4.69) is 29.4 Å². The number of nitrogens with zero attached hydrogens (tertiary/aromatic N) is 1. The molecule has 2 aliphatic heterocycles. The van der Waals surface area contributed by atoms with E-state index >= 15 is 0 Å². The van der Waals surface area contributed by atoms with Crippen LogP contribution in [0.2, 0.25) is 0 Å². The van der Waals surface area contributed by atoms with E-state index in [-0.39, 0.29) is 0 Å². The second-order valence-electron chi connectivity index (χ2n) is 6.45. The van der Waals surface area contributed by atoms with E-state index in [4.69, 9.17) is 0 Å². The highest BCUT2D eigenvalue weighted by molar-refractivity contribution is 4.79. The molecule has 0 aliphatic carbocycles. The molecule has 0 spiro atoms. The van der Waals surface area contributed by atoms with Crippen LogP contribution in [-0.4, -0.2) is 49.7 Å². The average Bonchev–Trinajstić information content (AvgIpc) is 2.99. The molecule has 0 aromatic carbocycles. The monoisotopic (exact) mass is 253 g/mol. The fraction of sp³-hybridized carbons (Fsp3) is 1.00. The molecule has 3 atom stereocenters. The van der Waals surface area contributed by atoms with Gasteiger partial charge >= 0.3 is 0 Å². The van der Waals surface area contributed by atoms with Crippen LogP contribution < -0.4 is 10.6 Å². The van der Waals surface area contributed by atoms with Crippen molar-refractivity contribution in [3.8, 4) is 0 Å². The number of hydrogen-bond donors (Lipinski definition) is 2. The Kier molecular flexibility index (Phi) is 5.93. The highest BCUT2D eigenvalue weighted by Crippen LogP contribution is 2.12. The molecular formula is C15H31N3. The lowest BCUT2D eigenvalue weighted by Crippen LogP contribution is -2.38. The summed E-state index contributed by atoms with van der Waals surface area (Å²) in [6.45, 7) is 11.0. The van der Waals surface area contributed by atoms with Crippen molar-refractivity contribution < 1.29 is 0 Å². The highest BCUT2D eigenvalue weighted by Gasteiger charge is 2.18. The van der Waals surface area contributed by atoms with Crippen LogP contribution in [0.1, 0.15) is 46.0 Å². The summed E-state index contributed by atoms with van der Waals surface area (Å²) in [5, 5.41) is 7.30. The number of likely N-dealkylation sites (tertiary alicyclic amines) is 1. The quantitative estimate of drug-likeness (QED) is 0.725. The van der Waals surface area contributed by atoms with Crippen molar-refractivity contribution in [1.82, 2.24) is 15.5 Å². The van der Waals surface area contributed by atoms with E-state index in [1.807, 2.05) is 0 Å². The van der Waals surface area contributed by atoms with Crippen molar-refractivity contribution in [2.75, 3.05) is 32.7 Å². The molecule has 3 unspecified atom stereocenters. The van der Waals surface area contributed by atoms with Crippen molar-refractivity contribution in [2.24, 2.45) is 5.92 Å². The molecule has 3 nitrogen and oxygen atoms in total. The van der Waals surface area contributed by atoms with Crippen LogP contribution in [0.3, 0.4) is 0 Å². The molecule has 2 heterocycles. The predicted octanol–water partition coefficient (Wildman–Crippen LogP) is 1.84. The van der Waals surface area contributed by atoms with E-state index in [0.717, 1.165) is 12.0 Å². The predicted molar refractivity (Wildman–Crippen MR) is 77.9 cm³/mol. The van der Waals surface area contributed by atoms with Gasteiger partial charge in [0.2, 0.25) is 0 Å². The van der Waals surface area contributed by atoms with Gasteiger partial charge in [0, 0.05) is 18.6 Å². The van der Waals surface area contributed by atoms with Crippen molar-refractivity contribution in [3.05, 3.63) is 0 Å². The van der Waals surface area contributed by atoms with Crippen LogP contribution in [-0.2, 0) is 0 Å². The first-order valence-corrected chi connectivity index (χ1v) is 7.93. The van der Waals surface area contributed by atoms with Crippen molar-refractivity contribution >= 4 is 0 Å². The zero-order valence-corrected chi connectivity index (χ0v) is 12.3. The lowest BCUT2D eigenvalue weighted by molar-refractivity contribution is 0.276. The summed E-state index contributed by atoms with van der Waals surface area (Å²) in [5.41, 5.74) is 0. The molecule has 18 heavy (non-hydrogen) atoms.